The van der Waals surface area contributed by atoms with E-state index in [0.717, 1.165) is 34.9 Å². The van der Waals surface area contributed by atoms with E-state index in [-0.39, 0.29) is 11.6 Å². The normalized spacial score (nSPS) is 15.7. The number of fused-ring (bicyclic) bond motifs is 1. The summed E-state index contributed by atoms with van der Waals surface area (Å²) in [6.07, 6.45) is 7.07. The van der Waals surface area contributed by atoms with Crippen LogP contribution < -0.4 is 0 Å². The minimum Gasteiger partial charge on any atom is -0.504 e. The molecule has 0 atom stereocenters. The largest absolute Gasteiger partial charge is 0.504 e. The monoisotopic (exact) mass is 342 g/mol. The Labute approximate surface area is 144 Å². The van der Waals surface area contributed by atoms with Gasteiger partial charge in [-0.1, -0.05) is 36.2 Å². The molecule has 1 aliphatic rings. The van der Waals surface area contributed by atoms with Crippen LogP contribution in [0.2, 0.25) is 5.02 Å². The number of para-hydroxylation sites is 1. The second-order valence-corrected chi connectivity index (χ2v) is 6.60. The Morgan fingerprint density at radius 2 is 2.08 bits per heavy atom. The predicted molar refractivity (Wildman–Crippen MR) is 94.5 cm³/mol. The SMILES string of the molecule is Oc1cccc2c(/C=C(/c3ccc(F)cc3Cl)C3CCC3)coc12. The van der Waals surface area contributed by atoms with Gasteiger partial charge in [-0.15, -0.1) is 0 Å². The van der Waals surface area contributed by atoms with Crippen LogP contribution in [0.25, 0.3) is 22.6 Å². The number of hydrogen-bond acceptors (Lipinski definition) is 2. The van der Waals surface area contributed by atoms with Gasteiger partial charge in [-0.25, -0.2) is 4.39 Å². The Hall–Kier alpha value is -2.26. The van der Waals surface area contributed by atoms with Gasteiger partial charge in [0.05, 0.1) is 11.3 Å². The van der Waals surface area contributed by atoms with Crippen molar-refractivity contribution in [3.63, 3.8) is 0 Å². The molecule has 0 unspecified atom stereocenters. The summed E-state index contributed by atoms with van der Waals surface area (Å²) >= 11 is 6.29. The van der Waals surface area contributed by atoms with E-state index in [9.17, 15) is 9.50 Å². The first-order chi connectivity index (χ1) is 11.6. The number of hydrogen-bond donors (Lipinski definition) is 1. The van der Waals surface area contributed by atoms with Crippen LogP contribution in [0.4, 0.5) is 4.39 Å². The molecule has 0 saturated heterocycles. The summed E-state index contributed by atoms with van der Waals surface area (Å²) < 4.78 is 18.9. The van der Waals surface area contributed by atoms with Crippen molar-refractivity contribution in [2.75, 3.05) is 0 Å². The number of aromatic hydroxyl groups is 1. The summed E-state index contributed by atoms with van der Waals surface area (Å²) in [5.41, 5.74) is 3.32. The van der Waals surface area contributed by atoms with E-state index < -0.39 is 0 Å². The quantitative estimate of drug-likeness (QED) is 0.608. The Morgan fingerprint density at radius 3 is 2.79 bits per heavy atom. The van der Waals surface area contributed by atoms with Gasteiger partial charge in [-0.05, 0) is 54.2 Å². The molecular weight excluding hydrogens is 327 g/mol. The predicted octanol–water partition coefficient (Wildman–Crippen LogP) is 6.27. The van der Waals surface area contributed by atoms with Gasteiger partial charge in [0.25, 0.3) is 0 Å². The first-order valence-electron chi connectivity index (χ1n) is 7.99. The smallest absolute Gasteiger partial charge is 0.176 e. The molecule has 4 heteroatoms. The van der Waals surface area contributed by atoms with Crippen molar-refractivity contribution in [1.82, 2.24) is 0 Å². The van der Waals surface area contributed by atoms with Gasteiger partial charge in [0.15, 0.2) is 11.3 Å². The molecule has 4 rings (SSSR count). The first-order valence-corrected chi connectivity index (χ1v) is 8.37. The maximum atomic E-state index is 13.4. The molecule has 122 valence electrons. The van der Waals surface area contributed by atoms with Crippen LogP contribution in [0.5, 0.6) is 5.75 Å². The molecule has 0 radical (unpaired) electrons. The van der Waals surface area contributed by atoms with Gasteiger partial charge in [0, 0.05) is 10.9 Å². The molecule has 1 aliphatic carbocycles. The lowest BCUT2D eigenvalue weighted by molar-refractivity contribution is 0.401. The van der Waals surface area contributed by atoms with Crippen LogP contribution in [0.1, 0.15) is 30.4 Å². The van der Waals surface area contributed by atoms with E-state index in [1.807, 2.05) is 12.1 Å². The van der Waals surface area contributed by atoms with Crippen molar-refractivity contribution >= 4 is 34.2 Å². The lowest BCUT2D eigenvalue weighted by atomic mass is 9.76. The average Bonchev–Trinajstić information content (AvgIpc) is 2.90. The van der Waals surface area contributed by atoms with Crippen molar-refractivity contribution in [3.05, 3.63) is 64.6 Å². The minimum absolute atomic E-state index is 0.122. The molecule has 0 spiro atoms. The zero-order valence-electron chi connectivity index (χ0n) is 12.9. The molecule has 1 heterocycles. The van der Waals surface area contributed by atoms with Crippen LogP contribution in [0.3, 0.4) is 0 Å². The van der Waals surface area contributed by atoms with Gasteiger partial charge in [0.1, 0.15) is 5.82 Å². The van der Waals surface area contributed by atoms with Crippen LogP contribution in [0, 0.1) is 11.7 Å². The third-order valence-corrected chi connectivity index (χ3v) is 5.02. The zero-order valence-corrected chi connectivity index (χ0v) is 13.7. The molecule has 1 saturated carbocycles. The van der Waals surface area contributed by atoms with Crippen molar-refractivity contribution < 1.29 is 13.9 Å². The van der Waals surface area contributed by atoms with E-state index in [1.165, 1.54) is 18.6 Å². The Bertz CT molecular complexity index is 938. The maximum absolute atomic E-state index is 13.4. The van der Waals surface area contributed by atoms with E-state index >= 15 is 0 Å². The molecule has 2 aromatic carbocycles. The fourth-order valence-corrected chi connectivity index (χ4v) is 3.48. The Balaban J connectivity index is 1.86. The highest BCUT2D eigenvalue weighted by atomic mass is 35.5. The second-order valence-electron chi connectivity index (χ2n) is 6.20. The number of furan rings is 1. The van der Waals surface area contributed by atoms with E-state index in [4.69, 9.17) is 16.0 Å². The fraction of sp³-hybridized carbons (Fsp3) is 0.200. The Kier molecular flexibility index (Phi) is 3.81. The van der Waals surface area contributed by atoms with Gasteiger partial charge in [-0.2, -0.15) is 0 Å². The molecule has 1 aromatic heterocycles. The summed E-state index contributed by atoms with van der Waals surface area (Å²) in [7, 11) is 0. The van der Waals surface area contributed by atoms with Crippen LogP contribution in [-0.2, 0) is 0 Å². The van der Waals surface area contributed by atoms with Gasteiger partial charge >= 0.3 is 0 Å². The van der Waals surface area contributed by atoms with E-state index in [1.54, 1.807) is 24.5 Å². The summed E-state index contributed by atoms with van der Waals surface area (Å²) in [6, 6.07) is 9.83. The number of allylic oxidation sites excluding steroid dienone is 1. The number of benzene rings is 2. The minimum atomic E-state index is -0.338. The highest BCUT2D eigenvalue weighted by molar-refractivity contribution is 6.32. The molecule has 3 aromatic rings. The van der Waals surface area contributed by atoms with Gasteiger partial charge < -0.3 is 9.52 Å². The van der Waals surface area contributed by atoms with E-state index in [2.05, 4.69) is 0 Å². The maximum Gasteiger partial charge on any atom is 0.176 e. The lowest BCUT2D eigenvalue weighted by Crippen LogP contribution is -2.13. The van der Waals surface area contributed by atoms with E-state index in [0.29, 0.717) is 16.5 Å². The second kappa shape index (κ2) is 5.99. The number of phenols is 1. The summed E-state index contributed by atoms with van der Waals surface area (Å²) in [5.74, 6) is 0.197. The number of halogens is 2. The summed E-state index contributed by atoms with van der Waals surface area (Å²) in [6.45, 7) is 0. The molecular formula is C20H16ClFO2. The molecule has 1 N–H and O–H groups in total. The average molecular weight is 343 g/mol. The summed E-state index contributed by atoms with van der Waals surface area (Å²) in [5, 5.41) is 11.2. The molecule has 24 heavy (non-hydrogen) atoms. The fourth-order valence-electron chi connectivity index (χ4n) is 3.20. The molecule has 1 fully saturated rings. The van der Waals surface area contributed by atoms with Crippen molar-refractivity contribution in [2.45, 2.75) is 19.3 Å². The molecule has 0 bridgehead atoms. The third kappa shape index (κ3) is 2.59. The van der Waals surface area contributed by atoms with Crippen molar-refractivity contribution in [2.24, 2.45) is 5.92 Å². The van der Waals surface area contributed by atoms with Crippen LogP contribution in [0.15, 0.2) is 47.1 Å². The van der Waals surface area contributed by atoms with Gasteiger partial charge in [-0.3, -0.25) is 0 Å². The Morgan fingerprint density at radius 1 is 1.25 bits per heavy atom. The number of phenolic OH excluding ortho intramolecular Hbond substituents is 1. The van der Waals surface area contributed by atoms with Gasteiger partial charge in [0.2, 0.25) is 0 Å². The standard InChI is InChI=1S/C20H16ClFO2/c21-18-10-14(22)7-8-16(18)17(12-3-1-4-12)9-13-11-24-20-15(13)5-2-6-19(20)23/h2,5-12,23H,1,3-4H2/b17-9+. The van der Waals surface area contributed by atoms with Crippen LogP contribution in [-0.4, -0.2) is 5.11 Å². The highest BCUT2D eigenvalue weighted by Crippen LogP contribution is 2.43. The third-order valence-electron chi connectivity index (χ3n) is 4.71. The highest BCUT2D eigenvalue weighted by Gasteiger charge is 2.25. The molecule has 0 amide bonds. The number of rotatable bonds is 3. The topological polar surface area (TPSA) is 33.4 Å². The molecule has 0 aliphatic heterocycles. The molecule has 2 nitrogen and oxygen atoms in total. The van der Waals surface area contributed by atoms with Crippen molar-refractivity contribution in [3.8, 4) is 5.75 Å². The van der Waals surface area contributed by atoms with Crippen LogP contribution >= 0.6 is 11.6 Å². The zero-order chi connectivity index (χ0) is 16.7. The lowest BCUT2D eigenvalue weighted by Gasteiger charge is -2.29. The summed E-state index contributed by atoms with van der Waals surface area (Å²) in [4.78, 5) is 0. The van der Waals surface area contributed by atoms with Crippen molar-refractivity contribution in [1.29, 1.82) is 0 Å². The first kappa shape index (κ1) is 15.3.